The predicted octanol–water partition coefficient (Wildman–Crippen LogP) is 4.27. The number of ether oxygens (including phenoxy) is 1. The highest BCUT2D eigenvalue weighted by Crippen LogP contribution is 2.25. The van der Waals surface area contributed by atoms with Crippen molar-refractivity contribution in [3.63, 3.8) is 0 Å². The van der Waals surface area contributed by atoms with E-state index in [9.17, 15) is 4.79 Å². The van der Waals surface area contributed by atoms with Crippen LogP contribution in [0.25, 0.3) is 16.3 Å². The summed E-state index contributed by atoms with van der Waals surface area (Å²) in [5.74, 6) is 0.422. The zero-order valence-electron chi connectivity index (χ0n) is 12.9. The van der Waals surface area contributed by atoms with Crippen molar-refractivity contribution >= 4 is 39.2 Å². The summed E-state index contributed by atoms with van der Waals surface area (Å²) in [6, 6.07) is 13.6. The Morgan fingerprint density at radius 1 is 1.26 bits per heavy atom. The van der Waals surface area contributed by atoms with Gasteiger partial charge in [-0.2, -0.15) is 0 Å². The topological polar surface area (TPSA) is 51.2 Å². The molecular formula is C18H16N2O2S. The van der Waals surface area contributed by atoms with E-state index in [1.807, 2.05) is 49.4 Å². The van der Waals surface area contributed by atoms with Gasteiger partial charge in [0.05, 0.1) is 23.0 Å². The Hall–Kier alpha value is -2.66. The predicted molar refractivity (Wildman–Crippen MR) is 95.0 cm³/mol. The van der Waals surface area contributed by atoms with Crippen LogP contribution in [0, 0.1) is 6.92 Å². The quantitative estimate of drug-likeness (QED) is 0.729. The Morgan fingerprint density at radius 3 is 2.87 bits per heavy atom. The lowest BCUT2D eigenvalue weighted by molar-refractivity contribution is -0.111. The minimum atomic E-state index is -0.215. The monoisotopic (exact) mass is 324 g/mol. The van der Waals surface area contributed by atoms with E-state index in [4.69, 9.17) is 4.74 Å². The highest BCUT2D eigenvalue weighted by Gasteiger charge is 2.06. The Bertz CT molecular complexity index is 851. The molecule has 0 unspecified atom stereocenters. The number of aryl methyl sites for hydroxylation is 1. The van der Waals surface area contributed by atoms with Crippen molar-refractivity contribution < 1.29 is 9.53 Å². The molecule has 1 heterocycles. The summed E-state index contributed by atoms with van der Waals surface area (Å²) in [4.78, 5) is 16.6. The van der Waals surface area contributed by atoms with Crippen LogP contribution in [0.5, 0.6) is 5.75 Å². The summed E-state index contributed by atoms with van der Waals surface area (Å²) in [6.45, 7) is 1.96. The Balaban J connectivity index is 1.75. The Labute approximate surface area is 138 Å². The molecular weight excluding hydrogens is 308 g/mol. The second-order valence-corrected chi connectivity index (χ2v) is 6.11. The first-order valence-corrected chi connectivity index (χ1v) is 7.96. The molecule has 0 saturated carbocycles. The molecule has 3 rings (SSSR count). The molecule has 0 spiro atoms. The highest BCUT2D eigenvalue weighted by molar-refractivity contribution is 7.19. The van der Waals surface area contributed by atoms with Crippen molar-refractivity contribution in [3.05, 3.63) is 59.1 Å². The van der Waals surface area contributed by atoms with Gasteiger partial charge in [-0.15, -0.1) is 11.3 Å². The number of nitrogens with zero attached hydrogens (tertiary/aromatic N) is 1. The van der Waals surface area contributed by atoms with Crippen LogP contribution < -0.4 is 10.1 Å². The average molecular weight is 324 g/mol. The fourth-order valence-corrected chi connectivity index (χ4v) is 3.07. The van der Waals surface area contributed by atoms with E-state index in [-0.39, 0.29) is 5.91 Å². The van der Waals surface area contributed by atoms with Gasteiger partial charge >= 0.3 is 0 Å². The summed E-state index contributed by atoms with van der Waals surface area (Å²) in [7, 11) is 1.58. The molecule has 5 heteroatoms. The molecule has 1 amide bonds. The number of methoxy groups -OCH3 is 1. The lowest BCUT2D eigenvalue weighted by atomic mass is 10.2. The maximum absolute atomic E-state index is 12.1. The fourth-order valence-electron chi connectivity index (χ4n) is 2.20. The van der Waals surface area contributed by atoms with Crippen molar-refractivity contribution in [2.45, 2.75) is 6.92 Å². The number of rotatable bonds is 4. The maximum Gasteiger partial charge on any atom is 0.248 e. The molecule has 1 N–H and O–H groups in total. The Kier molecular flexibility index (Phi) is 4.39. The van der Waals surface area contributed by atoms with E-state index in [1.54, 1.807) is 24.5 Å². The van der Waals surface area contributed by atoms with Crippen molar-refractivity contribution in [2.24, 2.45) is 0 Å². The number of para-hydroxylation sites is 1. The van der Waals surface area contributed by atoms with E-state index >= 15 is 0 Å². The normalized spacial score (nSPS) is 11.0. The molecule has 0 radical (unpaired) electrons. The average Bonchev–Trinajstić information content (AvgIpc) is 2.96. The van der Waals surface area contributed by atoms with Gasteiger partial charge in [0.1, 0.15) is 10.8 Å². The lowest BCUT2D eigenvalue weighted by Crippen LogP contribution is -2.09. The van der Waals surface area contributed by atoms with Gasteiger partial charge in [0.25, 0.3) is 0 Å². The smallest absolute Gasteiger partial charge is 0.248 e. The summed E-state index contributed by atoms with van der Waals surface area (Å²) in [5, 5.41) is 3.64. The van der Waals surface area contributed by atoms with Gasteiger partial charge in [0.15, 0.2) is 0 Å². The van der Waals surface area contributed by atoms with E-state index in [2.05, 4.69) is 10.3 Å². The van der Waals surface area contributed by atoms with Crippen LogP contribution in [0.3, 0.4) is 0 Å². The van der Waals surface area contributed by atoms with Crippen LogP contribution in [0.1, 0.15) is 10.6 Å². The molecule has 0 saturated heterocycles. The number of aromatic nitrogens is 1. The molecule has 0 aliphatic heterocycles. The van der Waals surface area contributed by atoms with Crippen molar-refractivity contribution in [1.29, 1.82) is 0 Å². The maximum atomic E-state index is 12.1. The van der Waals surface area contributed by atoms with Crippen LogP contribution in [0.4, 0.5) is 5.69 Å². The molecule has 0 fully saturated rings. The SMILES string of the molecule is COc1ccc(C)cc1NC(=O)C=Cc1nc2ccccc2s1. The lowest BCUT2D eigenvalue weighted by Gasteiger charge is -2.09. The molecule has 3 aromatic rings. The highest BCUT2D eigenvalue weighted by atomic mass is 32.1. The minimum Gasteiger partial charge on any atom is -0.495 e. The van der Waals surface area contributed by atoms with Crippen LogP contribution in [0.2, 0.25) is 0 Å². The van der Waals surface area contributed by atoms with Gasteiger partial charge in [-0.1, -0.05) is 18.2 Å². The van der Waals surface area contributed by atoms with Crippen molar-refractivity contribution in [2.75, 3.05) is 12.4 Å². The molecule has 0 bridgehead atoms. The minimum absolute atomic E-state index is 0.215. The van der Waals surface area contributed by atoms with E-state index in [0.29, 0.717) is 11.4 Å². The number of amides is 1. The zero-order chi connectivity index (χ0) is 16.2. The third-order valence-electron chi connectivity index (χ3n) is 3.30. The summed E-state index contributed by atoms with van der Waals surface area (Å²) >= 11 is 1.55. The number of nitrogens with one attached hydrogen (secondary N) is 1. The number of carbonyl (C=O) groups is 1. The largest absolute Gasteiger partial charge is 0.495 e. The van der Waals surface area contributed by atoms with Crippen molar-refractivity contribution in [1.82, 2.24) is 4.98 Å². The number of carbonyl (C=O) groups excluding carboxylic acids is 1. The first-order valence-electron chi connectivity index (χ1n) is 7.15. The van der Waals surface area contributed by atoms with Crippen LogP contribution in [-0.2, 0) is 4.79 Å². The molecule has 23 heavy (non-hydrogen) atoms. The third-order valence-corrected chi connectivity index (χ3v) is 4.30. The number of hydrogen-bond acceptors (Lipinski definition) is 4. The van der Waals surface area contributed by atoms with E-state index < -0.39 is 0 Å². The Morgan fingerprint density at radius 2 is 2.09 bits per heavy atom. The van der Waals surface area contributed by atoms with E-state index in [1.165, 1.54) is 6.08 Å². The van der Waals surface area contributed by atoms with Gasteiger partial charge in [0, 0.05) is 6.08 Å². The van der Waals surface area contributed by atoms with Gasteiger partial charge < -0.3 is 10.1 Å². The summed E-state index contributed by atoms with van der Waals surface area (Å²) < 4.78 is 6.36. The number of thiazole rings is 1. The number of anilines is 1. The molecule has 0 aliphatic carbocycles. The third kappa shape index (κ3) is 3.57. The van der Waals surface area contributed by atoms with Gasteiger partial charge in [-0.05, 0) is 42.8 Å². The molecule has 0 atom stereocenters. The van der Waals surface area contributed by atoms with Gasteiger partial charge in [0.2, 0.25) is 5.91 Å². The summed E-state index contributed by atoms with van der Waals surface area (Å²) in [5.41, 5.74) is 2.65. The van der Waals surface area contributed by atoms with Crippen LogP contribution in [0.15, 0.2) is 48.5 Å². The van der Waals surface area contributed by atoms with Crippen molar-refractivity contribution in [3.8, 4) is 5.75 Å². The standard InChI is InChI=1S/C18H16N2O2S/c1-12-7-8-15(22-2)14(11-12)19-17(21)9-10-18-20-13-5-3-4-6-16(13)23-18/h3-11H,1-2H3,(H,19,21). The fraction of sp³-hybridized carbons (Fsp3) is 0.111. The van der Waals surface area contributed by atoms with Crippen LogP contribution >= 0.6 is 11.3 Å². The zero-order valence-corrected chi connectivity index (χ0v) is 13.7. The molecule has 1 aromatic heterocycles. The van der Waals surface area contributed by atoms with E-state index in [0.717, 1.165) is 20.8 Å². The van der Waals surface area contributed by atoms with Gasteiger partial charge in [-0.3, -0.25) is 4.79 Å². The molecule has 0 aliphatic rings. The number of fused-ring (bicyclic) bond motifs is 1. The molecule has 116 valence electrons. The first-order chi connectivity index (χ1) is 11.2. The number of benzene rings is 2. The van der Waals surface area contributed by atoms with Gasteiger partial charge in [-0.25, -0.2) is 4.98 Å². The second kappa shape index (κ2) is 6.62. The molecule has 4 nitrogen and oxygen atoms in total. The van der Waals surface area contributed by atoms with Crippen LogP contribution in [-0.4, -0.2) is 18.0 Å². The first kappa shape index (κ1) is 15.2. The summed E-state index contributed by atoms with van der Waals surface area (Å²) in [6.07, 6.45) is 3.21. The number of hydrogen-bond donors (Lipinski definition) is 1. The second-order valence-electron chi connectivity index (χ2n) is 5.05. The molecule has 2 aromatic carbocycles.